The molecular formula is C13H29NO2. The first-order valence-corrected chi connectivity index (χ1v) is 6.70. The molecule has 0 rings (SSSR count). The Morgan fingerprint density at radius 3 is 1.62 bits per heavy atom. The van der Waals surface area contributed by atoms with Gasteiger partial charge in [0.2, 0.25) is 0 Å². The van der Waals surface area contributed by atoms with Crippen LogP contribution >= 0.6 is 0 Å². The van der Waals surface area contributed by atoms with Crippen molar-refractivity contribution in [2.75, 3.05) is 13.1 Å². The number of hydrogen-bond acceptors (Lipinski definition) is 2. The number of nitrogens with two attached hydrogens (primary N) is 1. The Labute approximate surface area is 101 Å². The van der Waals surface area contributed by atoms with Crippen molar-refractivity contribution < 1.29 is 15.2 Å². The zero-order valence-electron chi connectivity index (χ0n) is 11.3. The summed E-state index contributed by atoms with van der Waals surface area (Å²) in [5, 5.41) is 12.1. The van der Waals surface area contributed by atoms with Crippen LogP contribution in [0.5, 0.6) is 0 Å². The van der Waals surface area contributed by atoms with Crippen LogP contribution in [0.1, 0.15) is 65.7 Å². The van der Waals surface area contributed by atoms with Gasteiger partial charge in [-0.3, -0.25) is 0 Å². The first-order valence-electron chi connectivity index (χ1n) is 6.70. The topological polar surface area (TPSA) is 56.7 Å². The zero-order chi connectivity index (χ0) is 12.6. The van der Waals surface area contributed by atoms with Gasteiger partial charge in [0.25, 0.3) is 0 Å². The summed E-state index contributed by atoms with van der Waals surface area (Å²) < 4.78 is 0. The normalized spacial score (nSPS) is 9.44. The second-order valence-electron chi connectivity index (χ2n) is 4.05. The van der Waals surface area contributed by atoms with Crippen LogP contribution < -0.4 is 10.4 Å². The molecule has 0 aromatic rings. The summed E-state index contributed by atoms with van der Waals surface area (Å²) in [4.78, 5) is 9.65. The molecule has 0 aromatic carbocycles. The molecular weight excluding hydrogens is 202 g/mol. The lowest BCUT2D eigenvalue weighted by atomic mass is 10.3. The minimum absolute atomic E-state index is 0.205. The molecule has 0 unspecified atom stereocenters. The van der Waals surface area contributed by atoms with E-state index >= 15 is 0 Å². The predicted octanol–water partition coefficient (Wildman–Crippen LogP) is 1.08. The summed E-state index contributed by atoms with van der Waals surface area (Å²) in [5.74, 6) is -0.943. The molecule has 0 aliphatic heterocycles. The van der Waals surface area contributed by atoms with E-state index in [1.54, 1.807) is 0 Å². The van der Waals surface area contributed by atoms with Crippen LogP contribution in [0.4, 0.5) is 0 Å². The number of carboxylic acid groups (broad SMARTS) is 1. The third kappa shape index (κ3) is 23.3. The van der Waals surface area contributed by atoms with Gasteiger partial charge in [0.1, 0.15) is 0 Å². The molecule has 0 aromatic heterocycles. The lowest BCUT2D eigenvalue weighted by Gasteiger charge is -1.96. The highest BCUT2D eigenvalue weighted by Crippen LogP contribution is 1.89. The molecule has 0 saturated heterocycles. The van der Waals surface area contributed by atoms with Crippen LogP contribution in [0.15, 0.2) is 0 Å². The highest BCUT2D eigenvalue weighted by Gasteiger charge is 1.86. The van der Waals surface area contributed by atoms with Gasteiger partial charge in [-0.1, -0.05) is 40.0 Å². The molecule has 0 fully saturated rings. The van der Waals surface area contributed by atoms with Crippen molar-refractivity contribution in [2.45, 2.75) is 65.7 Å². The van der Waals surface area contributed by atoms with E-state index < -0.39 is 5.97 Å². The van der Waals surface area contributed by atoms with E-state index in [0.717, 1.165) is 12.8 Å². The first-order chi connectivity index (χ1) is 7.68. The van der Waals surface area contributed by atoms with Crippen LogP contribution in [-0.2, 0) is 4.79 Å². The molecule has 0 atom stereocenters. The number of unbranched alkanes of at least 4 members (excludes halogenated alkanes) is 3. The Balaban J connectivity index is 0. The Morgan fingerprint density at radius 1 is 0.938 bits per heavy atom. The summed E-state index contributed by atoms with van der Waals surface area (Å²) >= 11 is 0. The summed E-state index contributed by atoms with van der Waals surface area (Å²) in [7, 11) is 0. The number of rotatable bonds is 9. The molecule has 0 bridgehead atoms. The number of quaternary nitrogens is 1. The molecule has 0 heterocycles. The third-order valence-electron chi connectivity index (χ3n) is 2.26. The first kappa shape index (κ1) is 17.8. The average molecular weight is 231 g/mol. The van der Waals surface area contributed by atoms with E-state index in [1.807, 2.05) is 6.92 Å². The minimum Gasteiger partial charge on any atom is -0.550 e. The van der Waals surface area contributed by atoms with Crippen molar-refractivity contribution in [3.05, 3.63) is 0 Å². The maximum atomic E-state index is 9.65. The number of carbonyl (C=O) groups is 1. The summed E-state index contributed by atoms with van der Waals surface area (Å²) in [6.07, 6.45) is 7.30. The SMILES string of the molecule is CCCCC(=O)[O-].CCCC[NH2+]CCCC. The maximum absolute atomic E-state index is 9.65. The second-order valence-corrected chi connectivity index (χ2v) is 4.05. The van der Waals surface area contributed by atoms with Crippen LogP contribution in [0, 0.1) is 0 Å². The lowest BCUT2D eigenvalue weighted by Crippen LogP contribution is -2.84. The van der Waals surface area contributed by atoms with E-state index in [9.17, 15) is 9.90 Å². The van der Waals surface area contributed by atoms with Crippen LogP contribution in [-0.4, -0.2) is 19.1 Å². The third-order valence-corrected chi connectivity index (χ3v) is 2.26. The van der Waals surface area contributed by atoms with Crippen LogP contribution in [0.25, 0.3) is 0 Å². The number of hydrogen-bond donors (Lipinski definition) is 1. The van der Waals surface area contributed by atoms with Gasteiger partial charge in [0.05, 0.1) is 13.1 Å². The molecule has 0 saturated carbocycles. The highest BCUT2D eigenvalue weighted by molar-refractivity contribution is 5.63. The van der Waals surface area contributed by atoms with Gasteiger partial charge in [-0.25, -0.2) is 0 Å². The smallest absolute Gasteiger partial charge is 0.0755 e. The van der Waals surface area contributed by atoms with E-state index in [1.165, 1.54) is 38.8 Å². The Hall–Kier alpha value is -0.570. The molecule has 16 heavy (non-hydrogen) atoms. The number of aliphatic carboxylic acids is 1. The van der Waals surface area contributed by atoms with Gasteiger partial charge in [-0.05, 0) is 25.7 Å². The number of carbonyl (C=O) groups excluding carboxylic acids is 1. The monoisotopic (exact) mass is 231 g/mol. The van der Waals surface area contributed by atoms with Gasteiger partial charge in [-0.2, -0.15) is 0 Å². The van der Waals surface area contributed by atoms with Gasteiger partial charge >= 0.3 is 0 Å². The molecule has 0 spiro atoms. The van der Waals surface area contributed by atoms with Crippen molar-refractivity contribution in [1.29, 1.82) is 0 Å². The Kier molecular flexibility index (Phi) is 18.8. The van der Waals surface area contributed by atoms with Crippen LogP contribution in [0.2, 0.25) is 0 Å². The van der Waals surface area contributed by atoms with E-state index in [2.05, 4.69) is 19.2 Å². The molecule has 0 radical (unpaired) electrons. The molecule has 2 N–H and O–H groups in total. The Morgan fingerprint density at radius 2 is 1.38 bits per heavy atom. The second kappa shape index (κ2) is 16.8. The fraction of sp³-hybridized carbons (Fsp3) is 0.923. The fourth-order valence-corrected chi connectivity index (χ4v) is 1.16. The lowest BCUT2D eigenvalue weighted by molar-refractivity contribution is -0.655. The van der Waals surface area contributed by atoms with Gasteiger partial charge < -0.3 is 15.2 Å². The van der Waals surface area contributed by atoms with Crippen molar-refractivity contribution in [3.8, 4) is 0 Å². The predicted molar refractivity (Wildman–Crippen MR) is 66.0 cm³/mol. The Bertz CT molecular complexity index is 132. The standard InChI is InChI=1S/C8H19N.C5H10O2/c1-3-5-7-9-8-6-4-2;1-2-3-4-5(6)7/h9H,3-8H2,1-2H3;2-4H2,1H3,(H,6,7). The van der Waals surface area contributed by atoms with E-state index in [-0.39, 0.29) is 6.42 Å². The molecule has 0 aliphatic carbocycles. The van der Waals surface area contributed by atoms with Gasteiger partial charge in [0, 0.05) is 5.97 Å². The zero-order valence-corrected chi connectivity index (χ0v) is 11.3. The maximum Gasteiger partial charge on any atom is 0.0755 e. The molecule has 0 aliphatic rings. The quantitative estimate of drug-likeness (QED) is 0.604. The van der Waals surface area contributed by atoms with Crippen molar-refractivity contribution in [1.82, 2.24) is 0 Å². The van der Waals surface area contributed by atoms with Gasteiger partial charge in [-0.15, -0.1) is 0 Å². The van der Waals surface area contributed by atoms with Crippen LogP contribution in [0.3, 0.4) is 0 Å². The van der Waals surface area contributed by atoms with E-state index in [0.29, 0.717) is 0 Å². The average Bonchev–Trinajstić information content (AvgIpc) is 2.27. The molecule has 3 heteroatoms. The van der Waals surface area contributed by atoms with Crippen molar-refractivity contribution >= 4 is 5.97 Å². The van der Waals surface area contributed by atoms with Crippen molar-refractivity contribution in [2.24, 2.45) is 0 Å². The molecule has 3 nitrogen and oxygen atoms in total. The van der Waals surface area contributed by atoms with Crippen molar-refractivity contribution in [3.63, 3.8) is 0 Å². The van der Waals surface area contributed by atoms with E-state index in [4.69, 9.17) is 0 Å². The summed E-state index contributed by atoms with van der Waals surface area (Å²) in [6.45, 7) is 9.09. The molecule has 98 valence electrons. The minimum atomic E-state index is -0.943. The highest BCUT2D eigenvalue weighted by atomic mass is 16.4. The summed E-state index contributed by atoms with van der Waals surface area (Å²) in [5.41, 5.74) is 0. The summed E-state index contributed by atoms with van der Waals surface area (Å²) in [6, 6.07) is 0. The number of carboxylic acids is 1. The van der Waals surface area contributed by atoms with Gasteiger partial charge in [0.15, 0.2) is 0 Å². The fourth-order valence-electron chi connectivity index (χ4n) is 1.16. The molecule has 0 amide bonds. The largest absolute Gasteiger partial charge is 0.550 e.